The topological polar surface area (TPSA) is 114 Å². The molecule has 5 aromatic rings. The summed E-state index contributed by atoms with van der Waals surface area (Å²) in [6.45, 7) is -0.398. The van der Waals surface area contributed by atoms with Crippen molar-refractivity contribution in [3.05, 3.63) is 67.3 Å². The maximum Gasteiger partial charge on any atom is 0.166 e. The van der Waals surface area contributed by atoms with Gasteiger partial charge in [0, 0.05) is 5.56 Å². The monoisotopic (exact) mass is 428 g/mol. The molecule has 0 saturated carbocycles. The molecular weight excluding hydrogens is 408 g/mol. The van der Waals surface area contributed by atoms with E-state index < -0.39 is 31.1 Å². The molecule has 1 fully saturated rings. The van der Waals surface area contributed by atoms with Crippen molar-refractivity contribution in [3.8, 4) is 11.3 Å². The molecule has 3 N–H and O–H groups in total. The highest BCUT2D eigenvalue weighted by Crippen LogP contribution is 2.37. The molecule has 6 rings (SSSR count). The first kappa shape index (κ1) is 19.3. The zero-order valence-corrected chi connectivity index (χ0v) is 16.9. The van der Waals surface area contributed by atoms with Gasteiger partial charge in [-0.05, 0) is 27.6 Å². The highest BCUT2D eigenvalue weighted by molar-refractivity contribution is 6.14. The van der Waals surface area contributed by atoms with Gasteiger partial charge in [0.25, 0.3) is 0 Å². The number of aliphatic hydroxyl groups is 3. The molecule has 32 heavy (non-hydrogen) atoms. The van der Waals surface area contributed by atoms with Crippen molar-refractivity contribution >= 4 is 32.7 Å². The fraction of sp³-hybridized carbons (Fsp3) is 0.208. The maximum atomic E-state index is 10.5. The molecule has 3 heterocycles. The first-order valence-electron chi connectivity index (χ1n) is 10.4. The van der Waals surface area contributed by atoms with Crippen LogP contribution in [0.3, 0.4) is 0 Å². The Hall–Kier alpha value is -3.43. The van der Waals surface area contributed by atoms with Crippen LogP contribution in [0.4, 0.5) is 0 Å². The van der Waals surface area contributed by atoms with Gasteiger partial charge in [-0.15, -0.1) is 0 Å². The molecule has 0 spiro atoms. The maximum absolute atomic E-state index is 10.5. The van der Waals surface area contributed by atoms with Gasteiger partial charge in [-0.2, -0.15) is 0 Å². The highest BCUT2D eigenvalue weighted by Gasteiger charge is 2.44. The van der Waals surface area contributed by atoms with E-state index in [-0.39, 0.29) is 0 Å². The van der Waals surface area contributed by atoms with Gasteiger partial charge in [-0.25, -0.2) is 15.0 Å². The Labute approximate surface area is 182 Å². The number of hydrogen-bond acceptors (Lipinski definition) is 7. The minimum atomic E-state index is -1.22. The molecule has 160 valence electrons. The van der Waals surface area contributed by atoms with Gasteiger partial charge < -0.3 is 20.1 Å². The Balaban J connectivity index is 1.57. The molecule has 1 aliphatic heterocycles. The Morgan fingerprint density at radius 1 is 0.875 bits per heavy atom. The second-order valence-corrected chi connectivity index (χ2v) is 7.97. The van der Waals surface area contributed by atoms with Crippen LogP contribution in [0.2, 0.25) is 0 Å². The Bertz CT molecular complexity index is 1470. The van der Waals surface area contributed by atoms with Crippen LogP contribution >= 0.6 is 0 Å². The van der Waals surface area contributed by atoms with E-state index in [1.54, 1.807) is 4.57 Å². The summed E-state index contributed by atoms with van der Waals surface area (Å²) in [5.41, 5.74) is 2.63. The average molecular weight is 428 g/mol. The van der Waals surface area contributed by atoms with Crippen molar-refractivity contribution in [1.29, 1.82) is 0 Å². The van der Waals surface area contributed by atoms with Crippen LogP contribution in [0.25, 0.3) is 44.0 Å². The van der Waals surface area contributed by atoms with Crippen molar-refractivity contribution < 1.29 is 20.1 Å². The number of fused-ring (bicyclic) bond motifs is 4. The number of imidazole rings is 1. The van der Waals surface area contributed by atoms with Crippen LogP contribution in [0.5, 0.6) is 0 Å². The quantitative estimate of drug-likeness (QED) is 0.378. The summed E-state index contributed by atoms with van der Waals surface area (Å²) in [4.78, 5) is 13.5. The van der Waals surface area contributed by atoms with Crippen molar-refractivity contribution in [2.24, 2.45) is 0 Å². The summed E-state index contributed by atoms with van der Waals surface area (Å²) in [6, 6.07) is 18.5. The Morgan fingerprint density at radius 2 is 1.62 bits per heavy atom. The number of hydrogen-bond donors (Lipinski definition) is 3. The lowest BCUT2D eigenvalue weighted by Crippen LogP contribution is -2.33. The number of aliphatic hydroxyl groups excluding tert-OH is 3. The summed E-state index contributed by atoms with van der Waals surface area (Å²) in [5.74, 6) is 0. The molecule has 8 nitrogen and oxygen atoms in total. The molecule has 2 aromatic heterocycles. The third kappa shape index (κ3) is 2.74. The lowest BCUT2D eigenvalue weighted by atomic mass is 9.95. The van der Waals surface area contributed by atoms with E-state index in [0.29, 0.717) is 16.9 Å². The summed E-state index contributed by atoms with van der Waals surface area (Å²) < 4.78 is 7.25. The molecule has 3 aromatic carbocycles. The predicted octanol–water partition coefficient (Wildman–Crippen LogP) is 2.41. The summed E-state index contributed by atoms with van der Waals surface area (Å²) >= 11 is 0. The third-order valence-corrected chi connectivity index (χ3v) is 6.17. The number of rotatable bonds is 3. The van der Waals surface area contributed by atoms with Crippen LogP contribution in [-0.2, 0) is 4.74 Å². The van der Waals surface area contributed by atoms with Crippen molar-refractivity contribution in [2.75, 3.05) is 6.61 Å². The van der Waals surface area contributed by atoms with E-state index in [9.17, 15) is 15.3 Å². The zero-order valence-electron chi connectivity index (χ0n) is 16.9. The van der Waals surface area contributed by atoms with Crippen molar-refractivity contribution in [1.82, 2.24) is 19.5 Å². The molecular formula is C24H20N4O4. The van der Waals surface area contributed by atoms with Crippen LogP contribution in [0.15, 0.2) is 67.3 Å². The third-order valence-electron chi connectivity index (χ3n) is 6.17. The van der Waals surface area contributed by atoms with Gasteiger partial charge in [0.1, 0.15) is 35.8 Å². The lowest BCUT2D eigenvalue weighted by molar-refractivity contribution is -0.0511. The fourth-order valence-corrected chi connectivity index (χ4v) is 4.60. The summed E-state index contributed by atoms with van der Waals surface area (Å²) in [7, 11) is 0. The number of benzene rings is 3. The predicted molar refractivity (Wildman–Crippen MR) is 119 cm³/mol. The smallest absolute Gasteiger partial charge is 0.166 e. The molecule has 4 atom stereocenters. The summed E-state index contributed by atoms with van der Waals surface area (Å²) in [5, 5.41) is 34.4. The van der Waals surface area contributed by atoms with Crippen molar-refractivity contribution in [2.45, 2.75) is 24.5 Å². The van der Waals surface area contributed by atoms with Crippen LogP contribution in [0.1, 0.15) is 6.23 Å². The van der Waals surface area contributed by atoms with Gasteiger partial charge >= 0.3 is 0 Å². The van der Waals surface area contributed by atoms with E-state index in [4.69, 9.17) is 4.74 Å². The molecule has 0 bridgehead atoms. The van der Waals surface area contributed by atoms with Crippen LogP contribution < -0.4 is 0 Å². The molecule has 1 aliphatic rings. The fourth-order valence-electron chi connectivity index (χ4n) is 4.60. The molecule has 0 amide bonds. The molecule has 8 heteroatoms. The van der Waals surface area contributed by atoms with Crippen LogP contribution in [0, 0.1) is 0 Å². The molecule has 1 saturated heterocycles. The van der Waals surface area contributed by atoms with Crippen molar-refractivity contribution in [3.63, 3.8) is 0 Å². The second kappa shape index (κ2) is 7.32. The number of ether oxygens (including phenoxy) is 1. The van der Waals surface area contributed by atoms with E-state index in [1.807, 2.05) is 24.3 Å². The normalized spacial score (nSPS) is 23.5. The largest absolute Gasteiger partial charge is 0.394 e. The van der Waals surface area contributed by atoms with Gasteiger partial charge in [-0.1, -0.05) is 48.5 Å². The first-order valence-corrected chi connectivity index (χ1v) is 10.4. The number of nitrogens with zero attached hydrogens (tertiary/aromatic N) is 4. The Morgan fingerprint density at radius 3 is 2.41 bits per heavy atom. The average Bonchev–Trinajstić information content (AvgIpc) is 3.39. The van der Waals surface area contributed by atoms with Crippen LogP contribution in [-0.4, -0.2) is 59.8 Å². The zero-order chi connectivity index (χ0) is 21.8. The Kier molecular flexibility index (Phi) is 4.41. The SMILES string of the molecule is OC[C@H]1O[C@@H](n2cnc3c(-c4cc5ccccc5c5ccccc45)ncnc32)[C@H](O)[C@@H]1O. The van der Waals surface area contributed by atoms with E-state index in [0.717, 1.165) is 27.1 Å². The minimum Gasteiger partial charge on any atom is -0.394 e. The van der Waals surface area contributed by atoms with Gasteiger partial charge in [0.05, 0.1) is 12.9 Å². The van der Waals surface area contributed by atoms with E-state index >= 15 is 0 Å². The standard InChI is InChI=1S/C24H20N4O4/c29-10-18-21(30)22(31)24(32-18)28-12-27-20-19(25-11-26-23(20)28)17-9-13-5-1-2-6-14(13)15-7-3-4-8-16(15)17/h1-9,11-12,18,21-22,24,29-31H,10H2/t18-,21-,22-,24-/m1/s1. The molecule has 0 unspecified atom stereocenters. The van der Waals surface area contributed by atoms with E-state index in [1.165, 1.54) is 12.7 Å². The second-order valence-electron chi connectivity index (χ2n) is 7.97. The van der Waals surface area contributed by atoms with Gasteiger partial charge in [0.2, 0.25) is 0 Å². The first-order chi connectivity index (χ1) is 15.7. The molecule has 0 aliphatic carbocycles. The molecule has 0 radical (unpaired) electrons. The van der Waals surface area contributed by atoms with Gasteiger partial charge in [-0.3, -0.25) is 4.57 Å². The van der Waals surface area contributed by atoms with Gasteiger partial charge in [0.15, 0.2) is 11.9 Å². The summed E-state index contributed by atoms with van der Waals surface area (Å²) in [6.07, 6.45) is -1.23. The highest BCUT2D eigenvalue weighted by atomic mass is 16.6. The minimum absolute atomic E-state index is 0.398. The number of aromatic nitrogens is 4. The van der Waals surface area contributed by atoms with E-state index in [2.05, 4.69) is 45.3 Å². The lowest BCUT2D eigenvalue weighted by Gasteiger charge is -2.16.